The first-order valence-electron chi connectivity index (χ1n) is 1.60. The minimum Gasteiger partial charge on any atom is -1.00 e. The molecule has 5 heteroatoms. The smallest absolute Gasteiger partial charge is 1.00 e. The minimum absolute atomic E-state index is 0. The zero-order valence-electron chi connectivity index (χ0n) is 5.43. The second-order valence-electron chi connectivity index (χ2n) is 0.821. The molecular formula is C3H5F2KO2. The molecule has 2 nitrogen and oxygen atoms in total. The predicted molar refractivity (Wildman–Crippen MR) is 19.1 cm³/mol. The van der Waals surface area contributed by atoms with Gasteiger partial charge in [-0.15, -0.1) is 0 Å². The first-order valence-corrected chi connectivity index (χ1v) is 1.60. The van der Waals surface area contributed by atoms with Gasteiger partial charge in [0.15, 0.2) is 6.61 Å². The average molecular weight is 150 g/mol. The fraction of sp³-hybridized carbons (Fsp3) is 0.667. The second kappa shape index (κ2) is 7.97. The largest absolute Gasteiger partial charge is 1.00 e. The quantitative estimate of drug-likeness (QED) is 0.329. The normalized spacial score (nSPS) is 7.88. The van der Waals surface area contributed by atoms with Crippen molar-refractivity contribution in [3.8, 4) is 0 Å². The van der Waals surface area contributed by atoms with E-state index in [1.165, 1.54) is 0 Å². The van der Waals surface area contributed by atoms with Crippen molar-refractivity contribution in [2.75, 3.05) is 6.61 Å². The van der Waals surface area contributed by atoms with E-state index in [0.29, 0.717) is 0 Å². The number of rotatable bonds is 3. The molecule has 0 fully saturated rings. The van der Waals surface area contributed by atoms with Crippen molar-refractivity contribution in [2.24, 2.45) is 0 Å². The Balaban J connectivity index is -0.000000180. The molecule has 8 heavy (non-hydrogen) atoms. The molecule has 0 atom stereocenters. The van der Waals surface area contributed by atoms with Gasteiger partial charge in [-0.1, -0.05) is 0 Å². The van der Waals surface area contributed by atoms with Crippen LogP contribution in [-0.4, -0.2) is 19.5 Å². The van der Waals surface area contributed by atoms with Crippen molar-refractivity contribution in [1.82, 2.24) is 0 Å². The van der Waals surface area contributed by atoms with E-state index in [9.17, 15) is 8.78 Å². The molecule has 0 radical (unpaired) electrons. The number of hydrogen-bond acceptors (Lipinski definition) is 2. The van der Waals surface area contributed by atoms with Gasteiger partial charge in [0.2, 0.25) is 0 Å². The van der Waals surface area contributed by atoms with E-state index in [2.05, 4.69) is 4.74 Å². The zero-order chi connectivity index (χ0) is 5.70. The molecular weight excluding hydrogens is 145 g/mol. The van der Waals surface area contributed by atoms with Crippen LogP contribution in [0.3, 0.4) is 0 Å². The number of carbonyl (C=O) groups is 1. The van der Waals surface area contributed by atoms with Gasteiger partial charge in [-0.3, -0.25) is 4.79 Å². The van der Waals surface area contributed by atoms with Crippen LogP contribution in [0, 0.1) is 0 Å². The van der Waals surface area contributed by atoms with Gasteiger partial charge in [-0.25, -0.2) is 8.78 Å². The van der Waals surface area contributed by atoms with E-state index in [1.807, 2.05) is 0 Å². The summed E-state index contributed by atoms with van der Waals surface area (Å²) in [6, 6.07) is 0. The molecule has 0 N–H and O–H groups in total. The average Bonchev–Trinajstić information content (AvgIpc) is 1.61. The Morgan fingerprint density at radius 2 is 2.25 bits per heavy atom. The van der Waals surface area contributed by atoms with Crippen LogP contribution in [0.15, 0.2) is 0 Å². The Morgan fingerprint density at radius 1 is 1.75 bits per heavy atom. The third-order valence-electron chi connectivity index (χ3n) is 0.290. The van der Waals surface area contributed by atoms with E-state index in [-0.39, 0.29) is 59.3 Å². The maximum Gasteiger partial charge on any atom is 1.00 e. The van der Waals surface area contributed by atoms with Crippen LogP contribution >= 0.6 is 0 Å². The van der Waals surface area contributed by atoms with Crippen molar-refractivity contribution in [1.29, 1.82) is 0 Å². The van der Waals surface area contributed by atoms with Crippen LogP contribution in [0.2, 0.25) is 0 Å². The first-order chi connectivity index (χ1) is 3.27. The van der Waals surface area contributed by atoms with Crippen molar-refractivity contribution in [3.63, 3.8) is 0 Å². The van der Waals surface area contributed by atoms with Crippen LogP contribution in [0.25, 0.3) is 0 Å². The van der Waals surface area contributed by atoms with Crippen molar-refractivity contribution in [3.05, 3.63) is 0 Å². The van der Waals surface area contributed by atoms with Crippen molar-refractivity contribution < 1.29 is 71.1 Å². The SMILES string of the molecule is O=COCC(F)F.[H-].[K+]. The number of alkyl halides is 2. The zero-order valence-corrected chi connectivity index (χ0v) is 7.56. The summed E-state index contributed by atoms with van der Waals surface area (Å²) in [6.45, 7) is -0.810. The molecule has 0 aromatic rings. The molecule has 0 aliphatic heterocycles. The molecule has 0 aliphatic rings. The monoisotopic (exact) mass is 150 g/mol. The molecule has 44 valence electrons. The summed E-state index contributed by atoms with van der Waals surface area (Å²) in [5.41, 5.74) is 0. The molecule has 0 aliphatic carbocycles. The Bertz CT molecular complexity index is 63.8. The molecule has 0 saturated heterocycles. The number of ether oxygens (including phenoxy) is 1. The molecule has 0 aromatic heterocycles. The molecule has 0 heterocycles. The van der Waals surface area contributed by atoms with Crippen LogP contribution in [0.5, 0.6) is 0 Å². The predicted octanol–water partition coefficient (Wildman–Crippen LogP) is -2.46. The maximum absolute atomic E-state index is 10.9. The summed E-state index contributed by atoms with van der Waals surface area (Å²) in [5, 5.41) is 0. The van der Waals surface area contributed by atoms with Crippen LogP contribution in [0.4, 0.5) is 8.78 Å². The maximum atomic E-state index is 10.9. The van der Waals surface area contributed by atoms with Crippen LogP contribution in [-0.2, 0) is 9.53 Å². The summed E-state index contributed by atoms with van der Waals surface area (Å²) in [4.78, 5) is 9.15. The molecule has 0 spiro atoms. The molecule has 0 rings (SSSR count). The number of hydrogen-bond donors (Lipinski definition) is 0. The third kappa shape index (κ3) is 10.1. The van der Waals surface area contributed by atoms with Gasteiger partial charge >= 0.3 is 51.4 Å². The van der Waals surface area contributed by atoms with E-state index < -0.39 is 13.0 Å². The summed E-state index contributed by atoms with van der Waals surface area (Å²) in [7, 11) is 0. The van der Waals surface area contributed by atoms with Crippen LogP contribution in [0.1, 0.15) is 1.43 Å². The Labute approximate surface area is 89.5 Å². The summed E-state index contributed by atoms with van der Waals surface area (Å²) in [5.74, 6) is 0. The first kappa shape index (κ1) is 11.7. The molecule has 0 amide bonds. The van der Waals surface area contributed by atoms with Crippen LogP contribution < -0.4 is 51.4 Å². The number of carbonyl (C=O) groups excluding carboxylic acids is 1. The fourth-order valence-corrected chi connectivity index (χ4v) is 0.112. The minimum atomic E-state index is -2.55. The van der Waals surface area contributed by atoms with E-state index in [4.69, 9.17) is 4.79 Å². The van der Waals surface area contributed by atoms with Crippen molar-refractivity contribution in [2.45, 2.75) is 6.43 Å². The number of halogens is 2. The van der Waals surface area contributed by atoms with E-state index >= 15 is 0 Å². The van der Waals surface area contributed by atoms with Gasteiger partial charge in [0.25, 0.3) is 12.9 Å². The van der Waals surface area contributed by atoms with Gasteiger partial charge in [0, 0.05) is 0 Å². The molecule has 0 saturated carbocycles. The van der Waals surface area contributed by atoms with E-state index in [0.717, 1.165) is 0 Å². The molecule has 0 unspecified atom stereocenters. The Kier molecular flexibility index (Phi) is 11.7. The summed E-state index contributed by atoms with van der Waals surface area (Å²) < 4.78 is 25.5. The fourth-order valence-electron chi connectivity index (χ4n) is 0.112. The van der Waals surface area contributed by atoms with Gasteiger partial charge in [0.05, 0.1) is 0 Å². The third-order valence-corrected chi connectivity index (χ3v) is 0.290. The Morgan fingerprint density at radius 3 is 2.38 bits per heavy atom. The van der Waals surface area contributed by atoms with Gasteiger partial charge in [-0.05, 0) is 0 Å². The topological polar surface area (TPSA) is 26.3 Å². The van der Waals surface area contributed by atoms with Gasteiger partial charge in [-0.2, -0.15) is 0 Å². The van der Waals surface area contributed by atoms with Gasteiger partial charge < -0.3 is 6.16 Å². The molecule has 0 aromatic carbocycles. The van der Waals surface area contributed by atoms with Gasteiger partial charge in [0.1, 0.15) is 0 Å². The Hall–Kier alpha value is 0.966. The summed E-state index contributed by atoms with van der Waals surface area (Å²) in [6.07, 6.45) is -2.55. The summed E-state index contributed by atoms with van der Waals surface area (Å²) >= 11 is 0. The van der Waals surface area contributed by atoms with Crippen molar-refractivity contribution >= 4 is 6.47 Å². The standard InChI is InChI=1S/C3H4F2O2.K.H/c4-3(5)1-7-2-6;;/h2-3H,1H2;;/q;+1;-1. The molecule has 0 bridgehead atoms. The second-order valence-corrected chi connectivity index (χ2v) is 0.821. The van der Waals surface area contributed by atoms with E-state index in [1.54, 1.807) is 0 Å².